The van der Waals surface area contributed by atoms with Crippen molar-refractivity contribution in [2.45, 2.75) is 19.8 Å². The number of carboxylic acids is 1. The van der Waals surface area contributed by atoms with Crippen LogP contribution < -0.4 is 5.32 Å². The second-order valence-electron chi connectivity index (χ2n) is 4.52. The van der Waals surface area contributed by atoms with E-state index in [4.69, 9.17) is 5.11 Å². The zero-order valence-corrected chi connectivity index (χ0v) is 11.9. The highest BCUT2D eigenvalue weighted by Gasteiger charge is 2.10. The predicted molar refractivity (Wildman–Crippen MR) is 79.4 cm³/mol. The third-order valence-electron chi connectivity index (χ3n) is 2.91. The highest BCUT2D eigenvalue weighted by molar-refractivity contribution is 7.08. The molecular weight excluding hydrogens is 274 g/mol. The van der Waals surface area contributed by atoms with Gasteiger partial charge in [0.05, 0.1) is 5.56 Å². The average molecular weight is 289 g/mol. The molecule has 0 fully saturated rings. The van der Waals surface area contributed by atoms with Gasteiger partial charge >= 0.3 is 5.97 Å². The van der Waals surface area contributed by atoms with E-state index in [2.05, 4.69) is 5.32 Å². The Morgan fingerprint density at radius 1 is 1.30 bits per heavy atom. The summed E-state index contributed by atoms with van der Waals surface area (Å²) in [4.78, 5) is 22.6. The number of benzene rings is 1. The number of carboxylic acid groups (broad SMARTS) is 1. The van der Waals surface area contributed by atoms with Crippen molar-refractivity contribution in [3.8, 4) is 0 Å². The first kappa shape index (κ1) is 14.3. The van der Waals surface area contributed by atoms with Gasteiger partial charge in [-0.2, -0.15) is 11.3 Å². The number of aliphatic carboxylic acids is 1. The average Bonchev–Trinajstić information content (AvgIpc) is 2.83. The van der Waals surface area contributed by atoms with Gasteiger partial charge in [0.2, 0.25) is 0 Å². The van der Waals surface area contributed by atoms with Crippen LogP contribution in [-0.4, -0.2) is 17.0 Å². The van der Waals surface area contributed by atoms with Crippen LogP contribution in [0.15, 0.2) is 35.0 Å². The molecule has 0 aliphatic rings. The summed E-state index contributed by atoms with van der Waals surface area (Å²) in [5.41, 5.74) is 3.20. The van der Waals surface area contributed by atoms with Crippen molar-refractivity contribution in [1.29, 1.82) is 0 Å². The molecule has 1 aromatic carbocycles. The fraction of sp³-hybridized carbons (Fsp3) is 0.200. The molecule has 20 heavy (non-hydrogen) atoms. The molecule has 5 heteroatoms. The van der Waals surface area contributed by atoms with Crippen LogP contribution >= 0.6 is 11.3 Å². The van der Waals surface area contributed by atoms with E-state index in [1.165, 1.54) is 11.3 Å². The van der Waals surface area contributed by atoms with Crippen molar-refractivity contribution in [3.05, 3.63) is 51.7 Å². The van der Waals surface area contributed by atoms with E-state index < -0.39 is 5.97 Å². The van der Waals surface area contributed by atoms with Gasteiger partial charge < -0.3 is 10.4 Å². The lowest BCUT2D eigenvalue weighted by molar-refractivity contribution is -0.136. The normalized spacial score (nSPS) is 10.2. The second-order valence-corrected chi connectivity index (χ2v) is 5.26. The van der Waals surface area contributed by atoms with Gasteiger partial charge in [-0.3, -0.25) is 9.59 Å². The molecule has 0 unspecified atom stereocenters. The lowest BCUT2D eigenvalue weighted by atomic mass is 10.1. The number of carbonyl (C=O) groups excluding carboxylic acids is 1. The van der Waals surface area contributed by atoms with E-state index in [9.17, 15) is 9.59 Å². The minimum Gasteiger partial charge on any atom is -0.481 e. The van der Waals surface area contributed by atoms with Gasteiger partial charge in [-0.05, 0) is 42.0 Å². The van der Waals surface area contributed by atoms with Crippen molar-refractivity contribution in [3.63, 3.8) is 0 Å². The van der Waals surface area contributed by atoms with Crippen LogP contribution in [0.4, 0.5) is 5.69 Å². The largest absolute Gasteiger partial charge is 0.481 e. The van der Waals surface area contributed by atoms with Crippen molar-refractivity contribution in [2.24, 2.45) is 0 Å². The SMILES string of the molecule is Cc1cscc1C(=O)Nc1cccc(CCC(=O)O)c1. The van der Waals surface area contributed by atoms with Crippen LogP contribution in [0.5, 0.6) is 0 Å². The van der Waals surface area contributed by atoms with E-state index in [-0.39, 0.29) is 12.3 Å². The topological polar surface area (TPSA) is 66.4 Å². The standard InChI is InChI=1S/C15H15NO3S/c1-10-8-20-9-13(10)15(19)16-12-4-2-3-11(7-12)5-6-14(17)18/h2-4,7-9H,5-6H2,1H3,(H,16,19)(H,17,18). The van der Waals surface area contributed by atoms with Crippen LogP contribution in [0.1, 0.15) is 27.9 Å². The van der Waals surface area contributed by atoms with Gasteiger partial charge in [-0.1, -0.05) is 12.1 Å². The summed E-state index contributed by atoms with van der Waals surface area (Å²) in [7, 11) is 0. The molecule has 0 saturated heterocycles. The van der Waals surface area contributed by atoms with Gasteiger partial charge in [0.25, 0.3) is 5.91 Å². The first-order valence-corrected chi connectivity index (χ1v) is 7.15. The van der Waals surface area contributed by atoms with E-state index >= 15 is 0 Å². The fourth-order valence-corrected chi connectivity index (χ4v) is 2.68. The van der Waals surface area contributed by atoms with Crippen LogP contribution in [0, 0.1) is 6.92 Å². The predicted octanol–water partition coefficient (Wildman–Crippen LogP) is 3.33. The first-order valence-electron chi connectivity index (χ1n) is 6.21. The summed E-state index contributed by atoms with van der Waals surface area (Å²) in [5, 5.41) is 15.3. The zero-order chi connectivity index (χ0) is 14.5. The summed E-state index contributed by atoms with van der Waals surface area (Å²) in [6.07, 6.45) is 0.539. The minimum absolute atomic E-state index is 0.0844. The molecule has 1 aromatic heterocycles. The highest BCUT2D eigenvalue weighted by Crippen LogP contribution is 2.17. The Morgan fingerprint density at radius 3 is 2.75 bits per heavy atom. The van der Waals surface area contributed by atoms with Gasteiger partial charge in [-0.15, -0.1) is 0 Å². The van der Waals surface area contributed by atoms with Gasteiger partial charge in [0, 0.05) is 17.5 Å². The zero-order valence-electron chi connectivity index (χ0n) is 11.1. The van der Waals surface area contributed by atoms with Gasteiger partial charge in [-0.25, -0.2) is 0 Å². The number of hydrogen-bond acceptors (Lipinski definition) is 3. The van der Waals surface area contributed by atoms with Crippen molar-refractivity contribution < 1.29 is 14.7 Å². The maximum atomic E-state index is 12.1. The number of aryl methyl sites for hydroxylation is 2. The molecule has 104 valence electrons. The fourth-order valence-electron chi connectivity index (χ4n) is 1.85. The molecule has 0 aliphatic heterocycles. The molecular formula is C15H15NO3S. The molecule has 2 rings (SSSR count). The van der Waals surface area contributed by atoms with Crippen LogP contribution in [0.3, 0.4) is 0 Å². The Balaban J connectivity index is 2.06. The van der Waals surface area contributed by atoms with Crippen molar-refractivity contribution >= 4 is 28.9 Å². The number of anilines is 1. The van der Waals surface area contributed by atoms with Crippen molar-refractivity contribution in [2.75, 3.05) is 5.32 Å². The number of nitrogens with one attached hydrogen (secondary N) is 1. The molecule has 1 amide bonds. The minimum atomic E-state index is -0.826. The lowest BCUT2D eigenvalue weighted by Gasteiger charge is -2.07. The highest BCUT2D eigenvalue weighted by atomic mass is 32.1. The third-order valence-corrected chi connectivity index (χ3v) is 3.77. The third kappa shape index (κ3) is 3.68. The summed E-state index contributed by atoms with van der Waals surface area (Å²) in [6, 6.07) is 7.27. The summed E-state index contributed by atoms with van der Waals surface area (Å²) >= 11 is 1.49. The molecule has 4 nitrogen and oxygen atoms in total. The molecule has 0 spiro atoms. The number of hydrogen-bond donors (Lipinski definition) is 2. The van der Waals surface area contributed by atoms with Crippen LogP contribution in [0.2, 0.25) is 0 Å². The summed E-state index contributed by atoms with van der Waals surface area (Å²) in [5.74, 6) is -0.965. The maximum Gasteiger partial charge on any atom is 0.303 e. The smallest absolute Gasteiger partial charge is 0.303 e. The lowest BCUT2D eigenvalue weighted by Crippen LogP contribution is -2.12. The Labute approximate surface area is 121 Å². The molecule has 2 aromatic rings. The Hall–Kier alpha value is -2.14. The van der Waals surface area contributed by atoms with Gasteiger partial charge in [0.15, 0.2) is 0 Å². The van der Waals surface area contributed by atoms with Crippen LogP contribution in [-0.2, 0) is 11.2 Å². The molecule has 0 atom stereocenters. The molecule has 0 aliphatic carbocycles. The van der Waals surface area contributed by atoms with E-state index in [0.717, 1.165) is 11.1 Å². The Bertz CT molecular complexity index is 634. The molecule has 1 heterocycles. The monoisotopic (exact) mass is 289 g/mol. The molecule has 0 saturated carbocycles. The number of amides is 1. The van der Waals surface area contributed by atoms with Crippen molar-refractivity contribution in [1.82, 2.24) is 0 Å². The quantitative estimate of drug-likeness (QED) is 0.887. The molecule has 0 radical (unpaired) electrons. The molecule has 2 N–H and O–H groups in total. The number of carbonyl (C=O) groups is 2. The second kappa shape index (κ2) is 6.34. The van der Waals surface area contributed by atoms with Gasteiger partial charge in [0.1, 0.15) is 0 Å². The van der Waals surface area contributed by atoms with E-state index in [1.54, 1.807) is 6.07 Å². The summed E-state index contributed by atoms with van der Waals surface area (Å²) < 4.78 is 0. The van der Waals surface area contributed by atoms with Crippen LogP contribution in [0.25, 0.3) is 0 Å². The Kier molecular flexibility index (Phi) is 4.53. The summed E-state index contributed by atoms with van der Waals surface area (Å²) in [6.45, 7) is 1.90. The van der Waals surface area contributed by atoms with E-state index in [1.807, 2.05) is 35.9 Å². The number of thiophene rings is 1. The van der Waals surface area contributed by atoms with E-state index in [0.29, 0.717) is 17.7 Å². The number of rotatable bonds is 5. The first-order chi connectivity index (χ1) is 9.56. The Morgan fingerprint density at radius 2 is 2.10 bits per heavy atom. The molecule has 0 bridgehead atoms. The maximum absolute atomic E-state index is 12.1.